The summed E-state index contributed by atoms with van der Waals surface area (Å²) in [7, 11) is 1.50. The lowest BCUT2D eigenvalue weighted by molar-refractivity contribution is -0.136. The van der Waals surface area contributed by atoms with Crippen LogP contribution in [0.2, 0.25) is 0 Å². The van der Waals surface area contributed by atoms with Gasteiger partial charge in [-0.25, -0.2) is 14.7 Å². The van der Waals surface area contributed by atoms with E-state index in [4.69, 9.17) is 9.47 Å². The van der Waals surface area contributed by atoms with Gasteiger partial charge in [-0.1, -0.05) is 28.1 Å². The van der Waals surface area contributed by atoms with E-state index in [1.54, 1.807) is 55.5 Å². The van der Waals surface area contributed by atoms with Crippen molar-refractivity contribution in [2.75, 3.05) is 23.6 Å². The summed E-state index contributed by atoms with van der Waals surface area (Å²) in [4.78, 5) is 40.3. The zero-order valence-corrected chi connectivity index (χ0v) is 17.8. The Bertz CT molecular complexity index is 1050. The van der Waals surface area contributed by atoms with Crippen LogP contribution in [0.5, 0.6) is 5.75 Å². The molecule has 4 rings (SSSR count). The average molecular weight is 472 g/mol. The predicted molar refractivity (Wildman–Crippen MR) is 113 cm³/mol. The Hall–Kier alpha value is -3.20. The van der Waals surface area contributed by atoms with Gasteiger partial charge in [0.25, 0.3) is 5.91 Å². The van der Waals surface area contributed by atoms with Crippen molar-refractivity contribution in [2.45, 2.75) is 13.0 Å². The van der Waals surface area contributed by atoms with E-state index in [9.17, 15) is 14.4 Å². The second kappa shape index (κ2) is 7.91. The van der Waals surface area contributed by atoms with Crippen LogP contribution in [0.15, 0.2) is 58.1 Å². The number of rotatable bonds is 5. The second-order valence-corrected chi connectivity index (χ2v) is 7.55. The molecule has 30 heavy (non-hydrogen) atoms. The van der Waals surface area contributed by atoms with Crippen molar-refractivity contribution in [2.24, 2.45) is 11.0 Å². The molecule has 2 amide bonds. The molecule has 2 aromatic carbocycles. The number of methoxy groups -OCH3 is 1. The molecule has 2 aliphatic rings. The highest BCUT2D eigenvalue weighted by Crippen LogP contribution is 2.41. The molecule has 0 N–H and O–H groups in total. The zero-order valence-electron chi connectivity index (χ0n) is 16.2. The molecule has 0 unspecified atom stereocenters. The minimum Gasteiger partial charge on any atom is -0.495 e. The number of halogens is 1. The molecule has 9 heteroatoms. The van der Waals surface area contributed by atoms with Gasteiger partial charge >= 0.3 is 5.97 Å². The summed E-state index contributed by atoms with van der Waals surface area (Å²) < 4.78 is 11.3. The number of amides is 2. The van der Waals surface area contributed by atoms with Crippen LogP contribution in [0.3, 0.4) is 0 Å². The normalized spacial score (nSPS) is 20.3. The summed E-state index contributed by atoms with van der Waals surface area (Å²) in [6.45, 7) is 1.79. The van der Waals surface area contributed by atoms with E-state index in [1.807, 2.05) is 0 Å². The fourth-order valence-electron chi connectivity index (χ4n) is 3.65. The van der Waals surface area contributed by atoms with Gasteiger partial charge in [-0.15, -0.1) is 0 Å². The van der Waals surface area contributed by atoms with Crippen LogP contribution < -0.4 is 14.6 Å². The van der Waals surface area contributed by atoms with E-state index in [0.717, 1.165) is 9.37 Å². The van der Waals surface area contributed by atoms with Crippen molar-refractivity contribution >= 4 is 50.8 Å². The highest BCUT2D eigenvalue weighted by molar-refractivity contribution is 9.10. The van der Waals surface area contributed by atoms with Crippen LogP contribution in [0, 0.1) is 5.92 Å². The van der Waals surface area contributed by atoms with E-state index < -0.39 is 29.7 Å². The summed E-state index contributed by atoms with van der Waals surface area (Å²) in [5.41, 5.74) is 0.810. The zero-order chi connectivity index (χ0) is 21.4. The smallest absolute Gasteiger partial charge is 0.355 e. The largest absolute Gasteiger partial charge is 0.495 e. The molecular formula is C21H18BrN3O5. The Morgan fingerprint density at radius 1 is 1.10 bits per heavy atom. The van der Waals surface area contributed by atoms with Crippen LogP contribution in [-0.2, 0) is 19.1 Å². The van der Waals surface area contributed by atoms with E-state index in [0.29, 0.717) is 17.1 Å². The first-order valence-electron chi connectivity index (χ1n) is 9.29. The number of nitrogens with zero attached hydrogens (tertiary/aromatic N) is 3. The molecule has 1 fully saturated rings. The quantitative estimate of drug-likeness (QED) is 0.492. The number of ether oxygens (including phenoxy) is 2. The van der Waals surface area contributed by atoms with Crippen LogP contribution in [-0.4, -0.2) is 43.3 Å². The number of para-hydroxylation sites is 2. The third-order valence-corrected chi connectivity index (χ3v) is 5.48. The Morgan fingerprint density at radius 2 is 1.80 bits per heavy atom. The third kappa shape index (κ3) is 3.15. The van der Waals surface area contributed by atoms with Crippen LogP contribution in [0.1, 0.15) is 6.92 Å². The van der Waals surface area contributed by atoms with Gasteiger partial charge in [-0.05, 0) is 43.3 Å². The molecular weight excluding hydrogens is 454 g/mol. The molecule has 0 radical (unpaired) electrons. The van der Waals surface area contributed by atoms with Crippen molar-refractivity contribution in [3.63, 3.8) is 0 Å². The van der Waals surface area contributed by atoms with Gasteiger partial charge in [0, 0.05) is 4.47 Å². The topological polar surface area (TPSA) is 88.5 Å². The predicted octanol–water partition coefficient (Wildman–Crippen LogP) is 2.76. The number of hydrazone groups is 1. The molecule has 8 nitrogen and oxygen atoms in total. The summed E-state index contributed by atoms with van der Waals surface area (Å²) in [6, 6.07) is 12.8. The lowest BCUT2D eigenvalue weighted by atomic mass is 9.97. The number of fused-ring (bicyclic) bond motifs is 1. The van der Waals surface area contributed by atoms with Gasteiger partial charge in [0.1, 0.15) is 23.4 Å². The van der Waals surface area contributed by atoms with E-state index in [-0.39, 0.29) is 12.3 Å². The minimum absolute atomic E-state index is 0.0919. The maximum atomic E-state index is 13.4. The van der Waals surface area contributed by atoms with Gasteiger partial charge in [-0.2, -0.15) is 5.10 Å². The molecule has 0 saturated carbocycles. The number of carbonyl (C=O) groups excluding carboxylic acids is 3. The average Bonchev–Trinajstić information content (AvgIpc) is 3.26. The monoisotopic (exact) mass is 471 g/mol. The molecule has 0 bridgehead atoms. The molecule has 1 saturated heterocycles. The molecule has 2 aromatic rings. The maximum absolute atomic E-state index is 13.4. The maximum Gasteiger partial charge on any atom is 0.355 e. The summed E-state index contributed by atoms with van der Waals surface area (Å²) in [5, 5.41) is 5.72. The van der Waals surface area contributed by atoms with E-state index in [2.05, 4.69) is 21.0 Å². The number of hydrogen-bond acceptors (Lipinski definition) is 7. The van der Waals surface area contributed by atoms with Gasteiger partial charge in [0.15, 0.2) is 5.71 Å². The van der Waals surface area contributed by atoms with E-state index >= 15 is 0 Å². The SMILES string of the molecule is CCOC(=O)C1=NN(c2ccccc2OC)[C@H]2C(=O)N(c3ccc(Br)cc3)C(=O)[C@@H]12. The number of esters is 1. The summed E-state index contributed by atoms with van der Waals surface area (Å²) in [6.07, 6.45) is 0. The number of benzene rings is 2. The van der Waals surface area contributed by atoms with Crippen molar-refractivity contribution in [3.8, 4) is 5.75 Å². The Labute approximate surface area is 181 Å². The minimum atomic E-state index is -1.06. The number of carbonyl (C=O) groups is 3. The van der Waals surface area contributed by atoms with Crippen molar-refractivity contribution in [1.29, 1.82) is 0 Å². The lowest BCUT2D eigenvalue weighted by Gasteiger charge is -2.23. The summed E-state index contributed by atoms with van der Waals surface area (Å²) in [5.74, 6) is -2.31. The first-order chi connectivity index (χ1) is 14.5. The summed E-state index contributed by atoms with van der Waals surface area (Å²) >= 11 is 3.34. The van der Waals surface area contributed by atoms with Gasteiger partial charge in [0.2, 0.25) is 5.91 Å². The third-order valence-electron chi connectivity index (χ3n) is 4.95. The van der Waals surface area contributed by atoms with Crippen LogP contribution >= 0.6 is 15.9 Å². The molecule has 0 spiro atoms. The lowest BCUT2D eigenvalue weighted by Crippen LogP contribution is -2.39. The van der Waals surface area contributed by atoms with Gasteiger partial charge in [-0.3, -0.25) is 9.59 Å². The standard InChI is InChI=1S/C21H18BrN3O5/c1-3-30-21(28)17-16-18(25(23-17)14-6-4-5-7-15(14)29-2)20(27)24(19(16)26)13-10-8-12(22)9-11-13/h4-11,16,18H,3H2,1-2H3/t16-,18+/m0/s1. The van der Waals surface area contributed by atoms with Crippen molar-refractivity contribution in [1.82, 2.24) is 0 Å². The number of hydrogen-bond donors (Lipinski definition) is 0. The Morgan fingerprint density at radius 3 is 2.47 bits per heavy atom. The molecule has 0 aliphatic carbocycles. The van der Waals surface area contributed by atoms with Gasteiger partial charge in [0.05, 0.1) is 19.4 Å². The number of anilines is 2. The second-order valence-electron chi connectivity index (χ2n) is 6.63. The Kier molecular flexibility index (Phi) is 5.29. The molecule has 2 aliphatic heterocycles. The first-order valence-corrected chi connectivity index (χ1v) is 10.1. The van der Waals surface area contributed by atoms with Crippen LogP contribution in [0.25, 0.3) is 0 Å². The Balaban J connectivity index is 1.81. The van der Waals surface area contributed by atoms with E-state index in [1.165, 1.54) is 12.1 Å². The van der Waals surface area contributed by atoms with Gasteiger partial charge < -0.3 is 9.47 Å². The number of imide groups is 1. The van der Waals surface area contributed by atoms with Crippen LogP contribution in [0.4, 0.5) is 11.4 Å². The highest BCUT2D eigenvalue weighted by atomic mass is 79.9. The molecule has 0 aromatic heterocycles. The molecule has 2 atom stereocenters. The fraction of sp³-hybridized carbons (Fsp3) is 0.238. The molecule has 154 valence electrons. The van der Waals surface area contributed by atoms with Crippen molar-refractivity contribution in [3.05, 3.63) is 53.0 Å². The molecule has 2 heterocycles. The highest BCUT2D eigenvalue weighted by Gasteiger charge is 2.59. The fourth-order valence-corrected chi connectivity index (χ4v) is 3.91. The first kappa shape index (κ1) is 20.1. The van der Waals surface area contributed by atoms with Crippen molar-refractivity contribution < 1.29 is 23.9 Å².